The monoisotopic (exact) mass is 345 g/mol. The highest BCUT2D eigenvalue weighted by molar-refractivity contribution is 7.92. The lowest BCUT2D eigenvalue weighted by atomic mass is 10.1. The average molecular weight is 345 g/mol. The standard InChI is InChI=1S/C17H16FN3O2S/c1-12-10-14(18)8-9-16(12)24(22,23)20-15-11-19-21(2)17(15)13-6-4-3-5-7-13/h3-11,20H,1-2H3. The molecule has 0 aliphatic rings. The Balaban J connectivity index is 2.03. The Morgan fingerprint density at radius 3 is 2.50 bits per heavy atom. The predicted octanol–water partition coefficient (Wildman–Crippen LogP) is 3.34. The first kappa shape index (κ1) is 16.2. The number of hydrogen-bond donors (Lipinski definition) is 1. The summed E-state index contributed by atoms with van der Waals surface area (Å²) >= 11 is 0. The molecule has 2 aromatic carbocycles. The highest BCUT2D eigenvalue weighted by atomic mass is 32.2. The molecule has 3 rings (SSSR count). The fourth-order valence-electron chi connectivity index (χ4n) is 2.56. The van der Waals surface area contributed by atoms with E-state index in [-0.39, 0.29) is 4.90 Å². The van der Waals surface area contributed by atoms with Crippen LogP contribution in [-0.4, -0.2) is 18.2 Å². The van der Waals surface area contributed by atoms with E-state index in [0.717, 1.165) is 11.6 Å². The number of anilines is 1. The SMILES string of the molecule is Cc1cc(F)ccc1S(=O)(=O)Nc1cnn(C)c1-c1ccccc1. The second-order valence-corrected chi connectivity index (χ2v) is 7.06. The number of aryl methyl sites for hydroxylation is 2. The Morgan fingerprint density at radius 2 is 1.83 bits per heavy atom. The zero-order valence-corrected chi connectivity index (χ0v) is 14.0. The predicted molar refractivity (Wildman–Crippen MR) is 90.6 cm³/mol. The molecule has 0 bridgehead atoms. The van der Waals surface area contributed by atoms with Gasteiger partial charge < -0.3 is 0 Å². The summed E-state index contributed by atoms with van der Waals surface area (Å²) in [6, 6.07) is 12.9. The van der Waals surface area contributed by atoms with E-state index in [9.17, 15) is 12.8 Å². The zero-order chi connectivity index (χ0) is 17.3. The van der Waals surface area contributed by atoms with Gasteiger partial charge in [-0.15, -0.1) is 0 Å². The molecular weight excluding hydrogens is 329 g/mol. The molecule has 0 fully saturated rings. The highest BCUT2D eigenvalue weighted by Gasteiger charge is 2.21. The van der Waals surface area contributed by atoms with Gasteiger partial charge in [0.1, 0.15) is 5.82 Å². The van der Waals surface area contributed by atoms with E-state index in [4.69, 9.17) is 0 Å². The van der Waals surface area contributed by atoms with Gasteiger partial charge in [0.2, 0.25) is 0 Å². The van der Waals surface area contributed by atoms with Gasteiger partial charge in [-0.25, -0.2) is 12.8 Å². The van der Waals surface area contributed by atoms with Crippen molar-refractivity contribution in [2.75, 3.05) is 4.72 Å². The topological polar surface area (TPSA) is 64.0 Å². The molecule has 0 aliphatic heterocycles. The smallest absolute Gasteiger partial charge is 0.262 e. The third-order valence-corrected chi connectivity index (χ3v) is 5.18. The van der Waals surface area contributed by atoms with Crippen LogP contribution < -0.4 is 4.72 Å². The van der Waals surface area contributed by atoms with Gasteiger partial charge in [-0.2, -0.15) is 5.10 Å². The maximum Gasteiger partial charge on any atom is 0.262 e. The van der Waals surface area contributed by atoms with Crippen LogP contribution in [0.4, 0.5) is 10.1 Å². The maximum absolute atomic E-state index is 13.2. The van der Waals surface area contributed by atoms with E-state index in [1.807, 2.05) is 30.3 Å². The first-order valence-corrected chi connectivity index (χ1v) is 8.73. The number of benzene rings is 2. The second-order valence-electron chi connectivity index (χ2n) is 5.41. The fraction of sp³-hybridized carbons (Fsp3) is 0.118. The van der Waals surface area contributed by atoms with Crippen LogP contribution >= 0.6 is 0 Å². The van der Waals surface area contributed by atoms with E-state index in [0.29, 0.717) is 16.9 Å². The molecule has 0 atom stereocenters. The lowest BCUT2D eigenvalue weighted by Crippen LogP contribution is -2.14. The first-order valence-electron chi connectivity index (χ1n) is 7.25. The number of nitrogens with one attached hydrogen (secondary N) is 1. The lowest BCUT2D eigenvalue weighted by molar-refractivity contribution is 0.598. The van der Waals surface area contributed by atoms with Gasteiger partial charge in [-0.05, 0) is 30.7 Å². The molecule has 1 heterocycles. The van der Waals surface area contributed by atoms with Gasteiger partial charge in [0, 0.05) is 12.6 Å². The van der Waals surface area contributed by atoms with Crippen molar-refractivity contribution < 1.29 is 12.8 Å². The number of hydrogen-bond acceptors (Lipinski definition) is 3. The van der Waals surface area contributed by atoms with Crippen molar-refractivity contribution in [3.8, 4) is 11.3 Å². The van der Waals surface area contributed by atoms with Crippen LogP contribution in [0.5, 0.6) is 0 Å². The minimum atomic E-state index is -3.85. The third-order valence-electron chi connectivity index (χ3n) is 3.66. The van der Waals surface area contributed by atoms with E-state index < -0.39 is 15.8 Å². The maximum atomic E-state index is 13.2. The largest absolute Gasteiger partial charge is 0.276 e. The number of aromatic nitrogens is 2. The van der Waals surface area contributed by atoms with Crippen LogP contribution in [0.2, 0.25) is 0 Å². The molecule has 0 spiro atoms. The van der Waals surface area contributed by atoms with E-state index in [1.165, 1.54) is 18.3 Å². The molecule has 0 unspecified atom stereocenters. The molecule has 0 radical (unpaired) electrons. The Morgan fingerprint density at radius 1 is 1.12 bits per heavy atom. The Hall–Kier alpha value is -2.67. The summed E-state index contributed by atoms with van der Waals surface area (Å²) in [6.45, 7) is 1.55. The van der Waals surface area contributed by atoms with Crippen molar-refractivity contribution in [3.05, 3.63) is 66.1 Å². The van der Waals surface area contributed by atoms with Crippen molar-refractivity contribution >= 4 is 15.7 Å². The van der Waals surface area contributed by atoms with Crippen molar-refractivity contribution in [2.24, 2.45) is 7.05 Å². The van der Waals surface area contributed by atoms with Crippen molar-refractivity contribution in [1.29, 1.82) is 0 Å². The molecule has 5 nitrogen and oxygen atoms in total. The molecule has 0 saturated heterocycles. The molecule has 124 valence electrons. The van der Waals surface area contributed by atoms with Gasteiger partial charge in [0.05, 0.1) is 22.5 Å². The summed E-state index contributed by atoms with van der Waals surface area (Å²) in [5, 5.41) is 4.14. The zero-order valence-electron chi connectivity index (χ0n) is 13.2. The minimum absolute atomic E-state index is 0.0340. The minimum Gasteiger partial charge on any atom is -0.276 e. The van der Waals surface area contributed by atoms with Crippen molar-refractivity contribution in [3.63, 3.8) is 0 Å². The quantitative estimate of drug-likeness (QED) is 0.789. The summed E-state index contributed by atoms with van der Waals surface area (Å²) in [7, 11) is -2.11. The van der Waals surface area contributed by atoms with Crippen molar-refractivity contribution in [2.45, 2.75) is 11.8 Å². The lowest BCUT2D eigenvalue weighted by Gasteiger charge is -2.11. The molecule has 0 amide bonds. The Bertz CT molecular complexity index is 982. The van der Waals surface area contributed by atoms with Gasteiger partial charge in [-0.1, -0.05) is 30.3 Å². The highest BCUT2D eigenvalue weighted by Crippen LogP contribution is 2.29. The van der Waals surface area contributed by atoms with Crippen molar-refractivity contribution in [1.82, 2.24) is 9.78 Å². The number of nitrogens with zero attached hydrogens (tertiary/aromatic N) is 2. The normalized spacial score (nSPS) is 11.5. The molecule has 24 heavy (non-hydrogen) atoms. The molecule has 1 N–H and O–H groups in total. The number of rotatable bonds is 4. The summed E-state index contributed by atoms with van der Waals surface area (Å²) in [6.07, 6.45) is 1.46. The third kappa shape index (κ3) is 3.03. The Labute approximate surface area is 139 Å². The van der Waals surface area contributed by atoms with Crippen LogP contribution in [-0.2, 0) is 17.1 Å². The average Bonchev–Trinajstić information content (AvgIpc) is 2.87. The van der Waals surface area contributed by atoms with Crippen LogP contribution in [0.1, 0.15) is 5.56 Å². The first-order chi connectivity index (χ1) is 11.4. The number of sulfonamides is 1. The number of halogens is 1. The summed E-state index contributed by atoms with van der Waals surface area (Å²) < 4.78 is 42.7. The van der Waals surface area contributed by atoms with Crippen LogP contribution in [0.25, 0.3) is 11.3 Å². The van der Waals surface area contributed by atoms with E-state index in [1.54, 1.807) is 18.7 Å². The summed E-state index contributed by atoms with van der Waals surface area (Å²) in [5.74, 6) is -0.474. The van der Waals surface area contributed by atoms with Crippen LogP contribution in [0.15, 0.2) is 59.6 Å². The molecular formula is C17H16FN3O2S. The molecule has 1 aromatic heterocycles. The second kappa shape index (κ2) is 6.09. The molecule has 0 aliphatic carbocycles. The van der Waals surface area contributed by atoms with Crippen LogP contribution in [0.3, 0.4) is 0 Å². The van der Waals surface area contributed by atoms with Gasteiger partial charge in [0.15, 0.2) is 0 Å². The molecule has 0 saturated carbocycles. The molecule has 3 aromatic rings. The van der Waals surface area contributed by atoms with Gasteiger partial charge >= 0.3 is 0 Å². The summed E-state index contributed by atoms with van der Waals surface area (Å²) in [4.78, 5) is 0.0340. The summed E-state index contributed by atoms with van der Waals surface area (Å²) in [5.41, 5.74) is 2.20. The van der Waals surface area contributed by atoms with Gasteiger partial charge in [0.25, 0.3) is 10.0 Å². The van der Waals surface area contributed by atoms with Gasteiger partial charge in [-0.3, -0.25) is 9.40 Å². The van der Waals surface area contributed by atoms with E-state index in [2.05, 4.69) is 9.82 Å². The van der Waals surface area contributed by atoms with Crippen LogP contribution in [0, 0.1) is 12.7 Å². The fourth-order valence-corrected chi connectivity index (χ4v) is 3.84. The van der Waals surface area contributed by atoms with E-state index >= 15 is 0 Å². The Kier molecular flexibility index (Phi) is 4.11. The molecule has 7 heteroatoms.